The van der Waals surface area contributed by atoms with Gasteiger partial charge in [-0.2, -0.15) is 0 Å². The van der Waals surface area contributed by atoms with Crippen LogP contribution >= 0.6 is 23.4 Å². The van der Waals surface area contributed by atoms with Gasteiger partial charge >= 0.3 is 0 Å². The van der Waals surface area contributed by atoms with Crippen molar-refractivity contribution in [2.24, 2.45) is 0 Å². The number of benzene rings is 3. The Morgan fingerprint density at radius 2 is 1.70 bits per heavy atom. The van der Waals surface area contributed by atoms with Gasteiger partial charge in [0.15, 0.2) is 11.0 Å². The fraction of sp³-hybridized carbons (Fsp3) is 0.276. The van der Waals surface area contributed by atoms with Gasteiger partial charge in [0.1, 0.15) is 0 Å². The molecule has 1 aliphatic heterocycles. The van der Waals surface area contributed by atoms with Gasteiger partial charge in [-0.1, -0.05) is 66.7 Å². The van der Waals surface area contributed by atoms with Crippen LogP contribution in [0.2, 0.25) is 5.02 Å². The molecule has 1 aliphatic rings. The lowest BCUT2D eigenvalue weighted by Gasteiger charge is -2.34. The third-order valence-electron chi connectivity index (χ3n) is 6.68. The summed E-state index contributed by atoms with van der Waals surface area (Å²) < 4.78 is 2.06. The average molecular weight is 532 g/mol. The molecule has 0 atom stereocenters. The third-order valence-corrected chi connectivity index (χ3v) is 8.01. The molecule has 5 rings (SSSR count). The van der Waals surface area contributed by atoms with Crippen LogP contribution in [0.15, 0.2) is 78.0 Å². The molecule has 0 aliphatic carbocycles. The second-order valence-corrected chi connectivity index (χ2v) is 10.5. The topological polar surface area (TPSA) is 54.3 Å². The van der Waals surface area contributed by atoms with Crippen molar-refractivity contribution in [2.75, 3.05) is 32.7 Å². The van der Waals surface area contributed by atoms with E-state index in [1.165, 1.54) is 0 Å². The van der Waals surface area contributed by atoms with Crippen molar-refractivity contribution in [1.82, 2.24) is 24.6 Å². The number of likely N-dealkylation sites (N-methyl/N-ethyl adjacent to an activating group) is 1. The highest BCUT2D eigenvalue weighted by molar-refractivity contribution is 7.98. The summed E-state index contributed by atoms with van der Waals surface area (Å²) in [6.45, 7) is 8.71. The first kappa shape index (κ1) is 25.5. The average Bonchev–Trinajstić information content (AvgIpc) is 3.36. The number of aryl methyl sites for hydroxylation is 1. The van der Waals surface area contributed by atoms with Crippen LogP contribution in [0.25, 0.3) is 17.1 Å². The van der Waals surface area contributed by atoms with Crippen LogP contribution in [0.5, 0.6) is 0 Å². The molecule has 37 heavy (non-hydrogen) atoms. The van der Waals surface area contributed by atoms with Crippen LogP contribution in [0.1, 0.15) is 28.4 Å². The number of halogens is 1. The largest absolute Gasteiger partial charge is 0.336 e. The molecule has 190 valence electrons. The molecule has 2 heterocycles. The zero-order valence-electron chi connectivity index (χ0n) is 21.1. The quantitative estimate of drug-likeness (QED) is 0.275. The lowest BCUT2D eigenvalue weighted by molar-refractivity contribution is 0.0643. The molecule has 0 N–H and O–H groups in total. The minimum atomic E-state index is 0.110. The molecule has 1 saturated heterocycles. The fourth-order valence-electron chi connectivity index (χ4n) is 4.52. The maximum Gasteiger partial charge on any atom is 0.253 e. The predicted molar refractivity (Wildman–Crippen MR) is 151 cm³/mol. The normalized spacial score (nSPS) is 14.2. The summed E-state index contributed by atoms with van der Waals surface area (Å²) in [5.41, 5.74) is 4.85. The highest BCUT2D eigenvalue weighted by Gasteiger charge is 2.22. The van der Waals surface area contributed by atoms with Gasteiger partial charge in [0.25, 0.3) is 5.91 Å². The summed E-state index contributed by atoms with van der Waals surface area (Å²) in [5, 5.41) is 10.5. The number of piperazine rings is 1. The second-order valence-electron chi connectivity index (χ2n) is 9.17. The van der Waals surface area contributed by atoms with E-state index < -0.39 is 0 Å². The molecule has 1 amide bonds. The van der Waals surface area contributed by atoms with Crippen LogP contribution in [-0.2, 0) is 5.75 Å². The minimum absolute atomic E-state index is 0.110. The molecular weight excluding hydrogens is 502 g/mol. The molecule has 4 aromatic rings. The van der Waals surface area contributed by atoms with Crippen molar-refractivity contribution in [3.8, 4) is 17.1 Å². The first-order valence-corrected chi connectivity index (χ1v) is 13.9. The summed E-state index contributed by atoms with van der Waals surface area (Å²) in [6, 6.07) is 23.9. The Morgan fingerprint density at radius 1 is 0.946 bits per heavy atom. The Labute approximate surface area is 227 Å². The number of rotatable bonds is 7. The van der Waals surface area contributed by atoms with E-state index in [4.69, 9.17) is 11.6 Å². The smallest absolute Gasteiger partial charge is 0.253 e. The van der Waals surface area contributed by atoms with Crippen molar-refractivity contribution >= 4 is 29.3 Å². The van der Waals surface area contributed by atoms with Crippen LogP contribution in [0.4, 0.5) is 0 Å². The first-order chi connectivity index (χ1) is 18.0. The van der Waals surface area contributed by atoms with Crippen LogP contribution in [0, 0.1) is 6.92 Å². The lowest BCUT2D eigenvalue weighted by atomic mass is 10.1. The monoisotopic (exact) mass is 531 g/mol. The SMILES string of the molecule is CCN1CCN(C(=O)c2ccc(CSc3nnc(-c4ccccc4Cl)n3-c3cccc(C)c3)cc2)CC1. The van der Waals surface area contributed by atoms with Crippen molar-refractivity contribution < 1.29 is 4.79 Å². The van der Waals surface area contributed by atoms with E-state index in [1.807, 2.05) is 59.5 Å². The number of hydrogen-bond donors (Lipinski definition) is 0. The van der Waals surface area contributed by atoms with E-state index in [-0.39, 0.29) is 5.91 Å². The fourth-order valence-corrected chi connectivity index (χ4v) is 5.65. The molecule has 1 aromatic heterocycles. The Kier molecular flexibility index (Phi) is 7.93. The molecule has 0 spiro atoms. The molecule has 0 bridgehead atoms. The van der Waals surface area contributed by atoms with Gasteiger partial charge in [-0.05, 0) is 61.0 Å². The Hall–Kier alpha value is -3.13. The van der Waals surface area contributed by atoms with E-state index in [0.29, 0.717) is 16.6 Å². The Bertz CT molecular complexity index is 1380. The minimum Gasteiger partial charge on any atom is -0.336 e. The van der Waals surface area contributed by atoms with Gasteiger partial charge in [-0.3, -0.25) is 9.36 Å². The molecule has 0 radical (unpaired) electrons. The van der Waals surface area contributed by atoms with Gasteiger partial charge in [0.2, 0.25) is 0 Å². The van der Waals surface area contributed by atoms with Crippen molar-refractivity contribution in [3.63, 3.8) is 0 Å². The second kappa shape index (κ2) is 11.5. The highest BCUT2D eigenvalue weighted by Crippen LogP contribution is 2.33. The summed E-state index contributed by atoms with van der Waals surface area (Å²) >= 11 is 8.13. The molecular formula is C29H30ClN5OS. The number of nitrogens with zero attached hydrogens (tertiary/aromatic N) is 5. The molecule has 1 fully saturated rings. The van der Waals surface area contributed by atoms with E-state index in [1.54, 1.807) is 11.8 Å². The van der Waals surface area contributed by atoms with Gasteiger partial charge in [0.05, 0.1) is 5.02 Å². The molecule has 0 saturated carbocycles. The van der Waals surface area contributed by atoms with Gasteiger partial charge in [0, 0.05) is 48.7 Å². The number of hydrogen-bond acceptors (Lipinski definition) is 5. The van der Waals surface area contributed by atoms with E-state index in [0.717, 1.165) is 65.8 Å². The maximum atomic E-state index is 12.9. The lowest BCUT2D eigenvalue weighted by Crippen LogP contribution is -2.48. The zero-order chi connectivity index (χ0) is 25.8. The third kappa shape index (κ3) is 5.74. The molecule has 0 unspecified atom stereocenters. The van der Waals surface area contributed by atoms with Crippen LogP contribution in [-0.4, -0.2) is 63.2 Å². The van der Waals surface area contributed by atoms with Crippen molar-refractivity contribution in [2.45, 2.75) is 24.8 Å². The standard InChI is InChI=1S/C29H30ClN5OS/c1-3-33-15-17-34(18-16-33)28(36)23-13-11-22(12-14-23)20-37-29-32-31-27(25-9-4-5-10-26(25)30)35(29)24-8-6-7-21(2)19-24/h4-14,19H,3,15-18,20H2,1-2H3. The van der Waals surface area contributed by atoms with Gasteiger partial charge in [-0.15, -0.1) is 10.2 Å². The zero-order valence-corrected chi connectivity index (χ0v) is 22.7. The van der Waals surface area contributed by atoms with Crippen LogP contribution < -0.4 is 0 Å². The number of carbonyl (C=O) groups excluding carboxylic acids is 1. The summed E-state index contributed by atoms with van der Waals surface area (Å²) in [5.74, 6) is 1.53. The highest BCUT2D eigenvalue weighted by atomic mass is 35.5. The Balaban J connectivity index is 1.34. The predicted octanol–water partition coefficient (Wildman–Crippen LogP) is 5.97. The number of thioether (sulfide) groups is 1. The summed E-state index contributed by atoms with van der Waals surface area (Å²) in [6.07, 6.45) is 0. The maximum absolute atomic E-state index is 12.9. The van der Waals surface area contributed by atoms with Gasteiger partial charge < -0.3 is 9.80 Å². The Morgan fingerprint density at radius 3 is 2.41 bits per heavy atom. The molecule has 8 heteroatoms. The summed E-state index contributed by atoms with van der Waals surface area (Å²) in [7, 11) is 0. The molecule has 3 aromatic carbocycles. The van der Waals surface area contributed by atoms with Crippen molar-refractivity contribution in [3.05, 3.63) is 94.5 Å². The summed E-state index contributed by atoms with van der Waals surface area (Å²) in [4.78, 5) is 17.3. The number of aromatic nitrogens is 3. The van der Waals surface area contributed by atoms with Crippen molar-refractivity contribution in [1.29, 1.82) is 0 Å². The van der Waals surface area contributed by atoms with E-state index in [2.05, 4.69) is 51.7 Å². The first-order valence-electron chi connectivity index (χ1n) is 12.5. The van der Waals surface area contributed by atoms with Crippen LogP contribution in [0.3, 0.4) is 0 Å². The molecule has 6 nitrogen and oxygen atoms in total. The van der Waals surface area contributed by atoms with Gasteiger partial charge in [-0.25, -0.2) is 0 Å². The number of carbonyl (C=O) groups is 1. The van der Waals surface area contributed by atoms with E-state index in [9.17, 15) is 4.79 Å². The van der Waals surface area contributed by atoms with E-state index >= 15 is 0 Å². The number of amides is 1.